The predicted octanol–water partition coefficient (Wildman–Crippen LogP) is 5.16. The van der Waals surface area contributed by atoms with Gasteiger partial charge in [0.15, 0.2) is 0 Å². The highest BCUT2D eigenvalue weighted by molar-refractivity contribution is 5.46. The standard InChI is InChI=1S/C22H23NO2/c1-16-17(2)22(25-15-20-12-8-5-9-13-20)23-18(3)21(16)24-14-19-10-6-4-7-11-19/h4-13H,14-15H2,1-3H3. The fraction of sp³-hybridized carbons (Fsp3) is 0.227. The number of pyridine rings is 1. The molecule has 0 fully saturated rings. The van der Waals surface area contributed by atoms with Gasteiger partial charge >= 0.3 is 0 Å². The molecule has 25 heavy (non-hydrogen) atoms. The molecule has 3 rings (SSSR count). The van der Waals surface area contributed by atoms with Crippen LogP contribution in [0.25, 0.3) is 0 Å². The fourth-order valence-corrected chi connectivity index (χ4v) is 2.70. The van der Waals surface area contributed by atoms with E-state index in [9.17, 15) is 0 Å². The summed E-state index contributed by atoms with van der Waals surface area (Å²) < 4.78 is 12.0. The summed E-state index contributed by atoms with van der Waals surface area (Å²) in [5.41, 5.74) is 5.21. The Morgan fingerprint density at radius 3 is 1.76 bits per heavy atom. The highest BCUT2D eigenvalue weighted by atomic mass is 16.5. The number of hydrogen-bond donors (Lipinski definition) is 0. The van der Waals surface area contributed by atoms with Crippen LogP contribution in [-0.2, 0) is 13.2 Å². The molecule has 0 N–H and O–H groups in total. The summed E-state index contributed by atoms with van der Waals surface area (Å²) in [6, 6.07) is 20.3. The van der Waals surface area contributed by atoms with Gasteiger partial charge in [0, 0.05) is 11.1 Å². The van der Waals surface area contributed by atoms with Crippen LogP contribution in [0.1, 0.15) is 27.9 Å². The van der Waals surface area contributed by atoms with Crippen molar-refractivity contribution in [3.05, 3.63) is 88.6 Å². The summed E-state index contributed by atoms with van der Waals surface area (Å²) in [4.78, 5) is 4.61. The molecule has 0 bridgehead atoms. The Kier molecular flexibility index (Phi) is 5.34. The topological polar surface area (TPSA) is 31.4 Å². The van der Waals surface area contributed by atoms with Gasteiger partial charge in [-0.3, -0.25) is 0 Å². The van der Waals surface area contributed by atoms with Crippen LogP contribution < -0.4 is 9.47 Å². The molecule has 0 aliphatic carbocycles. The molecule has 1 aromatic heterocycles. The number of aryl methyl sites for hydroxylation is 1. The van der Waals surface area contributed by atoms with E-state index in [1.165, 1.54) is 0 Å². The van der Waals surface area contributed by atoms with E-state index in [1.54, 1.807) is 0 Å². The van der Waals surface area contributed by atoms with E-state index in [0.29, 0.717) is 19.1 Å². The minimum Gasteiger partial charge on any atom is -0.487 e. The van der Waals surface area contributed by atoms with Crippen molar-refractivity contribution in [1.29, 1.82) is 0 Å². The van der Waals surface area contributed by atoms with Gasteiger partial charge in [0.05, 0.1) is 5.69 Å². The van der Waals surface area contributed by atoms with Gasteiger partial charge in [0.2, 0.25) is 5.88 Å². The van der Waals surface area contributed by atoms with E-state index in [2.05, 4.69) is 24.0 Å². The van der Waals surface area contributed by atoms with Crippen LogP contribution in [0.5, 0.6) is 11.6 Å². The first kappa shape index (κ1) is 17.0. The summed E-state index contributed by atoms with van der Waals surface area (Å²) in [6.45, 7) is 7.09. The van der Waals surface area contributed by atoms with Gasteiger partial charge in [0.1, 0.15) is 19.0 Å². The molecule has 2 aromatic carbocycles. The van der Waals surface area contributed by atoms with Crippen LogP contribution in [0.2, 0.25) is 0 Å². The molecule has 0 amide bonds. The van der Waals surface area contributed by atoms with Crippen LogP contribution in [-0.4, -0.2) is 4.98 Å². The van der Waals surface area contributed by atoms with Crippen molar-refractivity contribution in [2.75, 3.05) is 0 Å². The van der Waals surface area contributed by atoms with Gasteiger partial charge in [-0.25, -0.2) is 4.98 Å². The van der Waals surface area contributed by atoms with E-state index in [4.69, 9.17) is 9.47 Å². The number of rotatable bonds is 6. The molecular weight excluding hydrogens is 310 g/mol. The van der Waals surface area contributed by atoms with Crippen molar-refractivity contribution in [3.63, 3.8) is 0 Å². The SMILES string of the molecule is Cc1nc(OCc2ccccc2)c(C)c(C)c1OCc1ccccc1. The Hall–Kier alpha value is -2.81. The molecule has 0 unspecified atom stereocenters. The second-order valence-corrected chi connectivity index (χ2v) is 6.13. The average Bonchev–Trinajstić information content (AvgIpc) is 2.65. The zero-order chi connectivity index (χ0) is 17.6. The lowest BCUT2D eigenvalue weighted by molar-refractivity contribution is 0.280. The number of ether oxygens (including phenoxy) is 2. The first-order valence-corrected chi connectivity index (χ1v) is 8.46. The number of hydrogen-bond acceptors (Lipinski definition) is 3. The first-order valence-electron chi connectivity index (χ1n) is 8.46. The monoisotopic (exact) mass is 333 g/mol. The summed E-state index contributed by atoms with van der Waals surface area (Å²) in [6.07, 6.45) is 0. The molecule has 128 valence electrons. The van der Waals surface area contributed by atoms with Gasteiger partial charge in [0.25, 0.3) is 0 Å². The molecule has 3 nitrogen and oxygen atoms in total. The third kappa shape index (κ3) is 4.18. The molecule has 0 spiro atoms. The Balaban J connectivity index is 1.74. The zero-order valence-electron chi connectivity index (χ0n) is 15.0. The molecule has 0 saturated heterocycles. The lowest BCUT2D eigenvalue weighted by atomic mass is 10.1. The van der Waals surface area contributed by atoms with E-state index < -0.39 is 0 Å². The number of aromatic nitrogens is 1. The van der Waals surface area contributed by atoms with Gasteiger partial charge in [-0.2, -0.15) is 0 Å². The van der Waals surface area contributed by atoms with Gasteiger partial charge in [-0.1, -0.05) is 60.7 Å². The molecule has 0 aliphatic heterocycles. The van der Waals surface area contributed by atoms with Crippen molar-refractivity contribution in [2.45, 2.75) is 34.0 Å². The lowest BCUT2D eigenvalue weighted by Crippen LogP contribution is -2.06. The van der Waals surface area contributed by atoms with Crippen molar-refractivity contribution < 1.29 is 9.47 Å². The predicted molar refractivity (Wildman–Crippen MR) is 100.0 cm³/mol. The van der Waals surface area contributed by atoms with Crippen molar-refractivity contribution in [3.8, 4) is 11.6 Å². The maximum absolute atomic E-state index is 6.03. The van der Waals surface area contributed by atoms with Crippen molar-refractivity contribution >= 4 is 0 Å². The van der Waals surface area contributed by atoms with E-state index in [1.807, 2.05) is 62.4 Å². The molecule has 3 heteroatoms. The largest absolute Gasteiger partial charge is 0.487 e. The molecular formula is C22H23NO2. The fourth-order valence-electron chi connectivity index (χ4n) is 2.70. The summed E-state index contributed by atoms with van der Waals surface area (Å²) >= 11 is 0. The number of nitrogens with zero attached hydrogens (tertiary/aromatic N) is 1. The average molecular weight is 333 g/mol. The molecule has 3 aromatic rings. The van der Waals surface area contributed by atoms with Gasteiger partial charge in [-0.15, -0.1) is 0 Å². The second-order valence-electron chi connectivity index (χ2n) is 6.13. The highest BCUT2D eigenvalue weighted by Crippen LogP contribution is 2.31. The van der Waals surface area contributed by atoms with Crippen LogP contribution >= 0.6 is 0 Å². The van der Waals surface area contributed by atoms with Crippen LogP contribution in [0, 0.1) is 20.8 Å². The summed E-state index contributed by atoms with van der Waals surface area (Å²) in [5, 5.41) is 0. The molecule has 0 radical (unpaired) electrons. The second kappa shape index (κ2) is 7.84. The maximum atomic E-state index is 6.03. The molecule has 0 saturated carbocycles. The van der Waals surface area contributed by atoms with Crippen molar-refractivity contribution in [1.82, 2.24) is 4.98 Å². The molecule has 0 aliphatic rings. The lowest BCUT2D eigenvalue weighted by Gasteiger charge is -2.17. The van der Waals surface area contributed by atoms with E-state index >= 15 is 0 Å². The smallest absolute Gasteiger partial charge is 0.217 e. The summed E-state index contributed by atoms with van der Waals surface area (Å²) in [7, 11) is 0. The summed E-state index contributed by atoms with van der Waals surface area (Å²) in [5.74, 6) is 1.51. The van der Waals surface area contributed by atoms with Crippen LogP contribution in [0.3, 0.4) is 0 Å². The Labute approximate surface area is 149 Å². The highest BCUT2D eigenvalue weighted by Gasteiger charge is 2.14. The van der Waals surface area contributed by atoms with Crippen LogP contribution in [0.15, 0.2) is 60.7 Å². The van der Waals surface area contributed by atoms with E-state index in [-0.39, 0.29) is 0 Å². The van der Waals surface area contributed by atoms with Gasteiger partial charge in [-0.05, 0) is 31.9 Å². The first-order chi connectivity index (χ1) is 12.1. The van der Waals surface area contributed by atoms with Gasteiger partial charge < -0.3 is 9.47 Å². The Morgan fingerprint density at radius 1 is 0.680 bits per heavy atom. The minimum absolute atomic E-state index is 0.512. The molecule has 0 atom stereocenters. The minimum atomic E-state index is 0.512. The van der Waals surface area contributed by atoms with E-state index in [0.717, 1.165) is 33.7 Å². The van der Waals surface area contributed by atoms with Crippen molar-refractivity contribution in [2.24, 2.45) is 0 Å². The number of benzene rings is 2. The Morgan fingerprint density at radius 2 is 1.20 bits per heavy atom. The van der Waals surface area contributed by atoms with Crippen LogP contribution in [0.4, 0.5) is 0 Å². The normalized spacial score (nSPS) is 10.5. The maximum Gasteiger partial charge on any atom is 0.217 e. The third-order valence-corrected chi connectivity index (χ3v) is 4.27. The Bertz CT molecular complexity index is 830. The zero-order valence-corrected chi connectivity index (χ0v) is 15.0. The molecule has 1 heterocycles. The quantitative estimate of drug-likeness (QED) is 0.624. The third-order valence-electron chi connectivity index (χ3n) is 4.27.